The van der Waals surface area contributed by atoms with Gasteiger partial charge in [0.15, 0.2) is 11.5 Å². The van der Waals surface area contributed by atoms with E-state index in [-0.39, 0.29) is 18.4 Å². The molecule has 0 spiro atoms. The fourth-order valence-corrected chi connectivity index (χ4v) is 2.02. The second-order valence-corrected chi connectivity index (χ2v) is 4.26. The Morgan fingerprint density at radius 1 is 1.62 bits per heavy atom. The van der Waals surface area contributed by atoms with Gasteiger partial charge in [0.05, 0.1) is 13.2 Å². The first-order chi connectivity index (χ1) is 7.61. The standard InChI is InChI=1S/C10H10BrNO4/c1-15-8-3-5(11)2-6(9(8)13)7-4-16-10(14)12-7/h2-3,7,13H,4H2,1H3,(H,12,14)/t7-/m0/s1. The maximum Gasteiger partial charge on any atom is 0.407 e. The van der Waals surface area contributed by atoms with Crippen LogP contribution < -0.4 is 10.1 Å². The number of methoxy groups -OCH3 is 1. The van der Waals surface area contributed by atoms with E-state index in [2.05, 4.69) is 21.2 Å². The van der Waals surface area contributed by atoms with Gasteiger partial charge in [0.1, 0.15) is 6.61 Å². The number of halogens is 1. The molecule has 16 heavy (non-hydrogen) atoms. The Kier molecular flexibility index (Phi) is 2.91. The maximum absolute atomic E-state index is 10.9. The summed E-state index contributed by atoms with van der Waals surface area (Å²) in [6, 6.07) is 3.02. The van der Waals surface area contributed by atoms with E-state index < -0.39 is 6.09 Å². The van der Waals surface area contributed by atoms with Crippen LogP contribution in [0.15, 0.2) is 16.6 Å². The van der Waals surface area contributed by atoms with E-state index >= 15 is 0 Å². The number of rotatable bonds is 2. The van der Waals surface area contributed by atoms with Crippen molar-refractivity contribution >= 4 is 22.0 Å². The van der Waals surface area contributed by atoms with Gasteiger partial charge < -0.3 is 19.9 Å². The molecule has 1 heterocycles. The molecule has 6 heteroatoms. The average molecular weight is 288 g/mol. The first kappa shape index (κ1) is 11.1. The highest BCUT2D eigenvalue weighted by atomic mass is 79.9. The molecular formula is C10H10BrNO4. The molecule has 0 saturated carbocycles. The summed E-state index contributed by atoms with van der Waals surface area (Å²) in [5.74, 6) is 0.368. The van der Waals surface area contributed by atoms with Crippen LogP contribution in [-0.2, 0) is 4.74 Å². The summed E-state index contributed by atoms with van der Waals surface area (Å²) in [6.07, 6.45) is -0.483. The molecule has 1 fully saturated rings. The molecule has 0 aromatic heterocycles. The first-order valence-corrected chi connectivity index (χ1v) is 5.41. The van der Waals surface area contributed by atoms with Crippen molar-refractivity contribution in [1.29, 1.82) is 0 Å². The molecule has 1 aliphatic rings. The Morgan fingerprint density at radius 3 is 2.94 bits per heavy atom. The summed E-state index contributed by atoms with van der Waals surface area (Å²) in [4.78, 5) is 10.9. The number of phenols is 1. The van der Waals surface area contributed by atoms with E-state index in [0.29, 0.717) is 11.3 Å². The average Bonchev–Trinajstić information content (AvgIpc) is 2.67. The fourth-order valence-electron chi connectivity index (χ4n) is 1.57. The topological polar surface area (TPSA) is 67.8 Å². The zero-order valence-electron chi connectivity index (χ0n) is 8.49. The van der Waals surface area contributed by atoms with Gasteiger partial charge in [-0.3, -0.25) is 0 Å². The zero-order valence-corrected chi connectivity index (χ0v) is 10.1. The van der Waals surface area contributed by atoms with Crippen molar-refractivity contribution in [2.75, 3.05) is 13.7 Å². The lowest BCUT2D eigenvalue weighted by Gasteiger charge is -2.13. The minimum absolute atomic E-state index is 0.0153. The molecule has 1 aromatic rings. The number of aromatic hydroxyl groups is 1. The lowest BCUT2D eigenvalue weighted by atomic mass is 10.1. The van der Waals surface area contributed by atoms with Crippen molar-refractivity contribution in [1.82, 2.24) is 5.32 Å². The molecule has 1 amide bonds. The minimum atomic E-state index is -0.483. The van der Waals surface area contributed by atoms with Crippen LogP contribution in [0.2, 0.25) is 0 Å². The number of amides is 1. The third kappa shape index (κ3) is 1.92. The van der Waals surface area contributed by atoms with Gasteiger partial charge in [0.25, 0.3) is 0 Å². The highest BCUT2D eigenvalue weighted by Gasteiger charge is 2.27. The Balaban J connectivity index is 2.40. The minimum Gasteiger partial charge on any atom is -0.504 e. The van der Waals surface area contributed by atoms with Crippen molar-refractivity contribution in [3.05, 3.63) is 22.2 Å². The molecular weight excluding hydrogens is 278 g/mol. The van der Waals surface area contributed by atoms with Crippen LogP contribution in [-0.4, -0.2) is 24.9 Å². The molecule has 1 aromatic carbocycles. The number of cyclic esters (lactones) is 1. The Bertz CT molecular complexity index is 435. The van der Waals surface area contributed by atoms with Crippen LogP contribution >= 0.6 is 15.9 Å². The molecule has 1 atom stereocenters. The summed E-state index contributed by atoms with van der Waals surface area (Å²) in [5.41, 5.74) is 0.567. The van der Waals surface area contributed by atoms with Crippen molar-refractivity contribution in [2.24, 2.45) is 0 Å². The number of alkyl carbamates (subject to hydrolysis) is 1. The molecule has 0 radical (unpaired) electrons. The normalized spacial score (nSPS) is 19.1. The zero-order chi connectivity index (χ0) is 11.7. The number of hydrogen-bond acceptors (Lipinski definition) is 4. The Hall–Kier alpha value is -1.43. The van der Waals surface area contributed by atoms with Crippen LogP contribution in [0.25, 0.3) is 0 Å². The third-order valence-corrected chi connectivity index (χ3v) is 2.80. The van der Waals surface area contributed by atoms with Gasteiger partial charge >= 0.3 is 6.09 Å². The molecule has 5 nitrogen and oxygen atoms in total. The fraction of sp³-hybridized carbons (Fsp3) is 0.300. The van der Waals surface area contributed by atoms with Crippen LogP contribution in [0.5, 0.6) is 11.5 Å². The number of carbonyl (C=O) groups is 1. The maximum atomic E-state index is 10.9. The molecule has 86 valence electrons. The quantitative estimate of drug-likeness (QED) is 0.872. The second-order valence-electron chi connectivity index (χ2n) is 3.34. The molecule has 2 rings (SSSR count). The molecule has 1 saturated heterocycles. The predicted molar refractivity (Wildman–Crippen MR) is 59.6 cm³/mol. The van der Waals surface area contributed by atoms with Crippen LogP contribution in [0, 0.1) is 0 Å². The second kappa shape index (κ2) is 4.21. The van der Waals surface area contributed by atoms with Gasteiger partial charge in [0, 0.05) is 10.0 Å². The Labute approximate surface area is 100 Å². The number of ether oxygens (including phenoxy) is 2. The largest absolute Gasteiger partial charge is 0.504 e. The van der Waals surface area contributed by atoms with E-state index in [4.69, 9.17) is 9.47 Å². The van der Waals surface area contributed by atoms with Crippen molar-refractivity contribution in [3.8, 4) is 11.5 Å². The van der Waals surface area contributed by atoms with E-state index in [0.717, 1.165) is 4.47 Å². The molecule has 0 aliphatic carbocycles. The number of carbonyl (C=O) groups excluding carboxylic acids is 1. The molecule has 0 bridgehead atoms. The van der Waals surface area contributed by atoms with Gasteiger partial charge in [-0.25, -0.2) is 4.79 Å². The lowest BCUT2D eigenvalue weighted by molar-refractivity contribution is 0.176. The number of nitrogens with one attached hydrogen (secondary N) is 1. The number of benzene rings is 1. The van der Waals surface area contributed by atoms with Crippen LogP contribution in [0.1, 0.15) is 11.6 Å². The molecule has 1 aliphatic heterocycles. The van der Waals surface area contributed by atoms with Crippen molar-refractivity contribution in [2.45, 2.75) is 6.04 Å². The van der Waals surface area contributed by atoms with Crippen LogP contribution in [0.4, 0.5) is 4.79 Å². The monoisotopic (exact) mass is 287 g/mol. The SMILES string of the molecule is COc1cc(Br)cc([C@@H]2COC(=O)N2)c1O. The molecule has 0 unspecified atom stereocenters. The highest BCUT2D eigenvalue weighted by molar-refractivity contribution is 9.10. The first-order valence-electron chi connectivity index (χ1n) is 4.61. The molecule has 2 N–H and O–H groups in total. The van der Waals surface area contributed by atoms with E-state index in [9.17, 15) is 9.90 Å². The van der Waals surface area contributed by atoms with Gasteiger partial charge in [-0.1, -0.05) is 15.9 Å². The predicted octanol–water partition coefficient (Wildman–Crippen LogP) is 1.94. The van der Waals surface area contributed by atoms with Crippen LogP contribution in [0.3, 0.4) is 0 Å². The number of phenolic OH excluding ortho intramolecular Hbond substituents is 1. The Morgan fingerprint density at radius 2 is 2.38 bits per heavy atom. The number of hydrogen-bond donors (Lipinski definition) is 2. The van der Waals surface area contributed by atoms with Gasteiger partial charge in [-0.15, -0.1) is 0 Å². The van der Waals surface area contributed by atoms with Crippen molar-refractivity contribution in [3.63, 3.8) is 0 Å². The summed E-state index contributed by atoms with van der Waals surface area (Å²) in [6.45, 7) is 0.200. The summed E-state index contributed by atoms with van der Waals surface area (Å²) in [5, 5.41) is 12.5. The van der Waals surface area contributed by atoms with Crippen molar-refractivity contribution < 1.29 is 19.4 Å². The van der Waals surface area contributed by atoms with E-state index in [1.165, 1.54) is 7.11 Å². The summed E-state index contributed by atoms with van der Waals surface area (Å²) in [7, 11) is 1.47. The third-order valence-electron chi connectivity index (χ3n) is 2.34. The lowest BCUT2D eigenvalue weighted by Crippen LogP contribution is -2.18. The van der Waals surface area contributed by atoms with E-state index in [1.807, 2.05) is 0 Å². The summed E-state index contributed by atoms with van der Waals surface area (Å²) < 4.78 is 10.6. The van der Waals surface area contributed by atoms with Gasteiger partial charge in [-0.2, -0.15) is 0 Å². The highest BCUT2D eigenvalue weighted by Crippen LogP contribution is 2.37. The van der Waals surface area contributed by atoms with Gasteiger partial charge in [-0.05, 0) is 12.1 Å². The smallest absolute Gasteiger partial charge is 0.407 e. The van der Waals surface area contributed by atoms with E-state index in [1.54, 1.807) is 12.1 Å². The van der Waals surface area contributed by atoms with Gasteiger partial charge in [0.2, 0.25) is 0 Å². The summed E-state index contributed by atoms with van der Waals surface area (Å²) >= 11 is 3.31.